The Labute approximate surface area is 101 Å². The summed E-state index contributed by atoms with van der Waals surface area (Å²) >= 11 is 0. The second-order valence-electron chi connectivity index (χ2n) is 4.33. The van der Waals surface area contributed by atoms with E-state index in [0.717, 1.165) is 22.3 Å². The van der Waals surface area contributed by atoms with Crippen LogP contribution in [0.15, 0.2) is 36.7 Å². The van der Waals surface area contributed by atoms with E-state index in [0.29, 0.717) is 5.56 Å². The van der Waals surface area contributed by atoms with Crippen LogP contribution < -0.4 is 0 Å². The molecule has 0 bridgehead atoms. The van der Waals surface area contributed by atoms with Crippen molar-refractivity contribution in [3.63, 3.8) is 0 Å². The summed E-state index contributed by atoms with van der Waals surface area (Å²) in [7, 11) is 0. The highest BCUT2D eigenvalue weighted by atomic mass is 16.1. The monoisotopic (exact) mass is 225 g/mol. The first-order chi connectivity index (χ1) is 8.09. The SMILES string of the molecule is Cc1cncc(C(=O)c2cccc(C)c2C)c1. The molecule has 0 N–H and O–H groups in total. The largest absolute Gasteiger partial charge is 0.289 e. The molecule has 0 fully saturated rings. The maximum Gasteiger partial charge on any atom is 0.194 e. The molecule has 2 rings (SSSR count). The third kappa shape index (κ3) is 2.26. The van der Waals surface area contributed by atoms with Gasteiger partial charge in [-0.3, -0.25) is 9.78 Å². The zero-order valence-corrected chi connectivity index (χ0v) is 10.3. The Morgan fingerprint density at radius 3 is 2.59 bits per heavy atom. The third-order valence-corrected chi connectivity index (χ3v) is 2.99. The van der Waals surface area contributed by atoms with Gasteiger partial charge < -0.3 is 0 Å². The number of hydrogen-bond donors (Lipinski definition) is 0. The van der Waals surface area contributed by atoms with E-state index in [9.17, 15) is 4.79 Å². The highest BCUT2D eigenvalue weighted by Gasteiger charge is 2.12. The van der Waals surface area contributed by atoms with Crippen molar-refractivity contribution in [2.24, 2.45) is 0 Å². The molecule has 2 aromatic rings. The van der Waals surface area contributed by atoms with Crippen LogP contribution in [0.3, 0.4) is 0 Å². The average molecular weight is 225 g/mol. The maximum absolute atomic E-state index is 12.3. The normalized spacial score (nSPS) is 10.3. The molecule has 17 heavy (non-hydrogen) atoms. The fourth-order valence-electron chi connectivity index (χ4n) is 1.83. The first-order valence-electron chi connectivity index (χ1n) is 5.62. The van der Waals surface area contributed by atoms with Gasteiger partial charge >= 0.3 is 0 Å². The van der Waals surface area contributed by atoms with Crippen LogP contribution >= 0.6 is 0 Å². The van der Waals surface area contributed by atoms with Crippen LogP contribution in [-0.2, 0) is 0 Å². The summed E-state index contributed by atoms with van der Waals surface area (Å²) in [6, 6.07) is 7.67. The Balaban J connectivity index is 2.48. The van der Waals surface area contributed by atoms with E-state index >= 15 is 0 Å². The van der Waals surface area contributed by atoms with Gasteiger partial charge in [-0.2, -0.15) is 0 Å². The minimum atomic E-state index is 0.0439. The van der Waals surface area contributed by atoms with Crippen molar-refractivity contribution in [2.75, 3.05) is 0 Å². The summed E-state index contributed by atoms with van der Waals surface area (Å²) < 4.78 is 0. The van der Waals surface area contributed by atoms with Crippen LogP contribution in [0.2, 0.25) is 0 Å². The Hall–Kier alpha value is -1.96. The third-order valence-electron chi connectivity index (χ3n) is 2.99. The van der Waals surface area contributed by atoms with Crippen LogP contribution in [-0.4, -0.2) is 10.8 Å². The van der Waals surface area contributed by atoms with Gasteiger partial charge in [-0.15, -0.1) is 0 Å². The minimum absolute atomic E-state index is 0.0439. The zero-order chi connectivity index (χ0) is 12.4. The molecule has 0 aliphatic heterocycles. The van der Waals surface area contributed by atoms with Crippen LogP contribution in [0.1, 0.15) is 32.6 Å². The van der Waals surface area contributed by atoms with Crippen molar-refractivity contribution in [3.8, 4) is 0 Å². The number of aryl methyl sites for hydroxylation is 2. The molecule has 1 heterocycles. The molecule has 0 spiro atoms. The van der Waals surface area contributed by atoms with E-state index in [1.54, 1.807) is 12.4 Å². The van der Waals surface area contributed by atoms with Gasteiger partial charge in [0.15, 0.2) is 5.78 Å². The number of carbonyl (C=O) groups excluding carboxylic acids is 1. The predicted octanol–water partition coefficient (Wildman–Crippen LogP) is 3.24. The number of carbonyl (C=O) groups is 1. The van der Waals surface area contributed by atoms with Crippen LogP contribution in [0, 0.1) is 20.8 Å². The Morgan fingerprint density at radius 2 is 1.88 bits per heavy atom. The lowest BCUT2D eigenvalue weighted by Gasteiger charge is -2.07. The van der Waals surface area contributed by atoms with Crippen molar-refractivity contribution in [2.45, 2.75) is 20.8 Å². The average Bonchev–Trinajstić information content (AvgIpc) is 2.32. The highest BCUT2D eigenvalue weighted by molar-refractivity contribution is 6.09. The van der Waals surface area contributed by atoms with Gasteiger partial charge in [0, 0.05) is 23.5 Å². The maximum atomic E-state index is 12.3. The molecule has 0 unspecified atom stereocenters. The molecule has 0 amide bonds. The zero-order valence-electron chi connectivity index (χ0n) is 10.3. The molecule has 0 radical (unpaired) electrons. The summed E-state index contributed by atoms with van der Waals surface area (Å²) in [5.74, 6) is 0.0439. The molecule has 2 nitrogen and oxygen atoms in total. The number of hydrogen-bond acceptors (Lipinski definition) is 2. The van der Waals surface area contributed by atoms with Crippen molar-refractivity contribution >= 4 is 5.78 Å². The smallest absolute Gasteiger partial charge is 0.194 e. The second kappa shape index (κ2) is 4.50. The van der Waals surface area contributed by atoms with Crippen molar-refractivity contribution in [1.29, 1.82) is 0 Å². The van der Waals surface area contributed by atoms with Crippen molar-refractivity contribution in [3.05, 3.63) is 64.5 Å². The molecule has 1 aromatic heterocycles. The quantitative estimate of drug-likeness (QED) is 0.734. The van der Waals surface area contributed by atoms with Crippen molar-refractivity contribution in [1.82, 2.24) is 4.98 Å². The van der Waals surface area contributed by atoms with E-state index < -0.39 is 0 Å². The van der Waals surface area contributed by atoms with Crippen LogP contribution in [0.4, 0.5) is 0 Å². The number of ketones is 1. The summed E-state index contributed by atoms with van der Waals surface area (Å²) in [6.45, 7) is 5.93. The Bertz CT molecular complexity index is 573. The lowest BCUT2D eigenvalue weighted by molar-refractivity contribution is 0.103. The summed E-state index contributed by atoms with van der Waals surface area (Å²) in [4.78, 5) is 16.4. The molecule has 0 aliphatic carbocycles. The van der Waals surface area contributed by atoms with E-state index in [1.165, 1.54) is 0 Å². The summed E-state index contributed by atoms with van der Waals surface area (Å²) in [5.41, 5.74) is 4.59. The van der Waals surface area contributed by atoms with Gasteiger partial charge in [0.2, 0.25) is 0 Å². The number of nitrogens with zero attached hydrogens (tertiary/aromatic N) is 1. The van der Waals surface area contributed by atoms with Gasteiger partial charge in [0.25, 0.3) is 0 Å². The molecule has 86 valence electrons. The van der Waals surface area contributed by atoms with Gasteiger partial charge in [0.05, 0.1) is 0 Å². The number of pyridine rings is 1. The van der Waals surface area contributed by atoms with E-state index in [2.05, 4.69) is 4.98 Å². The summed E-state index contributed by atoms with van der Waals surface area (Å²) in [5, 5.41) is 0. The Kier molecular flexibility index (Phi) is 3.05. The lowest BCUT2D eigenvalue weighted by Crippen LogP contribution is -2.05. The van der Waals surface area contributed by atoms with Gasteiger partial charge in [-0.1, -0.05) is 18.2 Å². The minimum Gasteiger partial charge on any atom is -0.289 e. The predicted molar refractivity (Wildman–Crippen MR) is 68.3 cm³/mol. The van der Waals surface area contributed by atoms with Gasteiger partial charge in [-0.05, 0) is 43.5 Å². The van der Waals surface area contributed by atoms with Gasteiger partial charge in [0.1, 0.15) is 0 Å². The molecular weight excluding hydrogens is 210 g/mol. The van der Waals surface area contributed by atoms with Gasteiger partial charge in [-0.25, -0.2) is 0 Å². The van der Waals surface area contributed by atoms with Crippen LogP contribution in [0.25, 0.3) is 0 Å². The molecule has 0 aliphatic rings. The molecule has 0 saturated heterocycles. The molecule has 2 heteroatoms. The molecule has 1 aromatic carbocycles. The Morgan fingerprint density at radius 1 is 1.12 bits per heavy atom. The highest BCUT2D eigenvalue weighted by Crippen LogP contribution is 2.17. The van der Waals surface area contributed by atoms with E-state index in [1.807, 2.05) is 45.0 Å². The van der Waals surface area contributed by atoms with E-state index in [-0.39, 0.29) is 5.78 Å². The fraction of sp³-hybridized carbons (Fsp3) is 0.200. The standard InChI is InChI=1S/C15H15NO/c1-10-7-13(9-16-8-10)15(17)14-6-4-5-11(2)12(14)3/h4-9H,1-3H3. The molecule has 0 atom stereocenters. The first kappa shape index (κ1) is 11.5. The molecular formula is C15H15NO. The summed E-state index contributed by atoms with van der Waals surface area (Å²) in [6.07, 6.45) is 3.37. The van der Waals surface area contributed by atoms with Crippen LogP contribution in [0.5, 0.6) is 0 Å². The first-order valence-corrected chi connectivity index (χ1v) is 5.62. The number of aromatic nitrogens is 1. The number of benzene rings is 1. The fourth-order valence-corrected chi connectivity index (χ4v) is 1.83. The second-order valence-corrected chi connectivity index (χ2v) is 4.33. The topological polar surface area (TPSA) is 30.0 Å². The van der Waals surface area contributed by atoms with E-state index in [4.69, 9.17) is 0 Å². The number of rotatable bonds is 2. The lowest BCUT2D eigenvalue weighted by atomic mass is 9.96. The van der Waals surface area contributed by atoms with Crippen molar-refractivity contribution < 1.29 is 4.79 Å². The molecule has 0 saturated carbocycles.